The molecule has 2 aliphatic heterocycles. The van der Waals surface area contributed by atoms with Crippen LogP contribution in [0, 0.1) is 0 Å². The van der Waals surface area contributed by atoms with Crippen molar-refractivity contribution in [3.8, 4) is 0 Å². The Balaban J connectivity index is 1.28. The van der Waals surface area contributed by atoms with E-state index in [9.17, 15) is 4.79 Å². The fourth-order valence-corrected chi connectivity index (χ4v) is 4.19. The Kier molecular flexibility index (Phi) is 3.59. The molecule has 26 heavy (non-hydrogen) atoms. The Hall–Kier alpha value is -2.95. The molecule has 0 spiro atoms. The zero-order valence-corrected chi connectivity index (χ0v) is 14.6. The summed E-state index contributed by atoms with van der Waals surface area (Å²) >= 11 is 0. The van der Waals surface area contributed by atoms with E-state index < -0.39 is 0 Å². The molecule has 1 saturated heterocycles. The van der Waals surface area contributed by atoms with E-state index in [2.05, 4.69) is 39.5 Å². The Bertz CT molecular complexity index is 922. The number of aromatic amines is 1. The third-order valence-electron chi connectivity index (χ3n) is 5.61. The lowest BCUT2D eigenvalue weighted by Crippen LogP contribution is -2.46. The van der Waals surface area contributed by atoms with Crippen LogP contribution in [-0.2, 0) is 0 Å². The average Bonchev–Trinajstić information content (AvgIpc) is 3.32. The van der Waals surface area contributed by atoms with Gasteiger partial charge in [-0.15, -0.1) is 0 Å². The molecule has 0 radical (unpaired) electrons. The highest BCUT2D eigenvalue weighted by molar-refractivity contribution is 5.98. The van der Waals surface area contributed by atoms with Crippen molar-refractivity contribution < 1.29 is 4.79 Å². The highest BCUT2D eigenvalue weighted by Crippen LogP contribution is 2.34. The van der Waals surface area contributed by atoms with Crippen LogP contribution in [0.25, 0.3) is 10.9 Å². The molecule has 5 heteroatoms. The number of aromatic nitrogens is 1. The maximum atomic E-state index is 12.9. The fraction of sp³-hybridized carbons (Fsp3) is 0.286. The molecule has 0 atom stereocenters. The minimum atomic E-state index is 0.111. The van der Waals surface area contributed by atoms with Gasteiger partial charge in [-0.3, -0.25) is 4.79 Å². The van der Waals surface area contributed by atoms with Crippen LogP contribution in [-0.4, -0.2) is 41.6 Å². The van der Waals surface area contributed by atoms with E-state index >= 15 is 0 Å². The first-order valence-electron chi connectivity index (χ1n) is 9.26. The molecule has 0 saturated carbocycles. The normalized spacial score (nSPS) is 17.4. The molecule has 1 fully saturated rings. The van der Waals surface area contributed by atoms with Crippen molar-refractivity contribution in [3.05, 3.63) is 60.3 Å². The number of benzene rings is 2. The molecule has 1 amide bonds. The summed E-state index contributed by atoms with van der Waals surface area (Å²) in [6.07, 6.45) is 2.00. The van der Waals surface area contributed by atoms with Crippen LogP contribution in [0.4, 0.5) is 11.4 Å². The van der Waals surface area contributed by atoms with Gasteiger partial charge in [-0.1, -0.05) is 30.3 Å². The van der Waals surface area contributed by atoms with Crippen LogP contribution < -0.4 is 10.2 Å². The number of likely N-dealkylation sites (tertiary alicyclic amines) is 1. The van der Waals surface area contributed by atoms with Crippen molar-refractivity contribution in [2.45, 2.75) is 18.9 Å². The van der Waals surface area contributed by atoms with Crippen LogP contribution >= 0.6 is 0 Å². The van der Waals surface area contributed by atoms with Crippen LogP contribution in [0.3, 0.4) is 0 Å². The van der Waals surface area contributed by atoms with E-state index in [1.165, 1.54) is 11.4 Å². The first kappa shape index (κ1) is 15.3. The number of hydrogen-bond acceptors (Lipinski definition) is 3. The summed E-state index contributed by atoms with van der Waals surface area (Å²) in [4.78, 5) is 20.6. The number of anilines is 2. The smallest absolute Gasteiger partial charge is 0.270 e. The Morgan fingerprint density at radius 3 is 2.62 bits per heavy atom. The lowest BCUT2D eigenvalue weighted by molar-refractivity contribution is 0.0708. The van der Waals surface area contributed by atoms with Crippen molar-refractivity contribution in [3.63, 3.8) is 0 Å². The van der Waals surface area contributed by atoms with Gasteiger partial charge < -0.3 is 20.1 Å². The quantitative estimate of drug-likeness (QED) is 0.744. The first-order valence-corrected chi connectivity index (χ1v) is 9.26. The van der Waals surface area contributed by atoms with Crippen molar-refractivity contribution in [2.75, 3.05) is 30.0 Å². The van der Waals surface area contributed by atoms with E-state index in [0.29, 0.717) is 11.7 Å². The number of H-pyrrole nitrogens is 1. The molecule has 5 rings (SSSR count). The number of hydrogen-bond donors (Lipinski definition) is 2. The number of piperidine rings is 1. The van der Waals surface area contributed by atoms with Gasteiger partial charge in [0.15, 0.2) is 0 Å². The topological polar surface area (TPSA) is 51.4 Å². The summed E-state index contributed by atoms with van der Waals surface area (Å²) in [5, 5.41) is 4.55. The molecule has 0 unspecified atom stereocenters. The second kappa shape index (κ2) is 6.09. The maximum absolute atomic E-state index is 12.9. The van der Waals surface area contributed by atoms with Gasteiger partial charge in [0, 0.05) is 30.0 Å². The number of carbonyl (C=O) groups is 1. The summed E-state index contributed by atoms with van der Waals surface area (Å²) in [5.74, 6) is 0.111. The highest BCUT2D eigenvalue weighted by atomic mass is 16.2. The lowest BCUT2D eigenvalue weighted by Gasteiger charge is -2.37. The summed E-state index contributed by atoms with van der Waals surface area (Å²) in [6.45, 7) is 2.47. The molecule has 132 valence electrons. The molecule has 2 aliphatic rings. The number of para-hydroxylation sites is 3. The first-order chi connectivity index (χ1) is 12.8. The molecule has 2 aromatic carbocycles. The molecule has 2 N–H and O–H groups in total. The van der Waals surface area contributed by atoms with E-state index in [4.69, 9.17) is 0 Å². The fourth-order valence-electron chi connectivity index (χ4n) is 4.19. The minimum absolute atomic E-state index is 0.111. The van der Waals surface area contributed by atoms with Crippen LogP contribution in [0.2, 0.25) is 0 Å². The number of carbonyl (C=O) groups excluding carboxylic acids is 1. The third-order valence-corrected chi connectivity index (χ3v) is 5.61. The predicted octanol–water partition coefficient (Wildman–Crippen LogP) is 3.66. The molecule has 3 heterocycles. The standard InChI is InChI=1S/C21H22N4O/c26-21(19-13-15-5-1-2-6-17(15)23-19)24-11-9-16(10-12-24)25-14-22-18-7-3-4-8-20(18)25/h1-8,13,16,22-23H,9-12,14H2. The van der Waals surface area contributed by atoms with Gasteiger partial charge in [0.05, 0.1) is 18.0 Å². The van der Waals surface area contributed by atoms with Crippen molar-refractivity contribution in [2.24, 2.45) is 0 Å². The third kappa shape index (κ3) is 2.51. The maximum Gasteiger partial charge on any atom is 0.270 e. The molecular formula is C21H22N4O. The molecule has 5 nitrogen and oxygen atoms in total. The van der Waals surface area contributed by atoms with Gasteiger partial charge in [-0.25, -0.2) is 0 Å². The van der Waals surface area contributed by atoms with Crippen LogP contribution in [0.15, 0.2) is 54.6 Å². The Labute approximate surface area is 152 Å². The molecule has 3 aromatic rings. The minimum Gasteiger partial charge on any atom is -0.366 e. The zero-order chi connectivity index (χ0) is 17.5. The van der Waals surface area contributed by atoms with E-state index in [1.54, 1.807) is 0 Å². The van der Waals surface area contributed by atoms with E-state index in [0.717, 1.165) is 43.5 Å². The second-order valence-electron chi connectivity index (χ2n) is 7.12. The number of amides is 1. The number of rotatable bonds is 2. The molecular weight excluding hydrogens is 324 g/mol. The van der Waals surface area contributed by atoms with Gasteiger partial charge in [0.25, 0.3) is 5.91 Å². The summed E-state index contributed by atoms with van der Waals surface area (Å²) in [6, 6.07) is 18.9. The highest BCUT2D eigenvalue weighted by Gasteiger charge is 2.31. The van der Waals surface area contributed by atoms with Gasteiger partial charge in [-0.2, -0.15) is 0 Å². The van der Waals surface area contributed by atoms with Gasteiger partial charge in [0.1, 0.15) is 5.69 Å². The van der Waals surface area contributed by atoms with Crippen molar-refractivity contribution >= 4 is 28.2 Å². The van der Waals surface area contributed by atoms with Crippen LogP contribution in [0.1, 0.15) is 23.3 Å². The number of nitrogens with one attached hydrogen (secondary N) is 2. The summed E-state index contributed by atoms with van der Waals surface area (Å²) < 4.78 is 0. The molecule has 1 aromatic heterocycles. The average molecular weight is 346 g/mol. The van der Waals surface area contributed by atoms with Crippen LogP contribution in [0.5, 0.6) is 0 Å². The SMILES string of the molecule is O=C(c1cc2ccccc2[nH]1)N1CCC(N2CNc3ccccc32)CC1. The molecule has 0 bridgehead atoms. The van der Waals surface area contributed by atoms with Gasteiger partial charge in [-0.05, 0) is 37.1 Å². The predicted molar refractivity (Wildman–Crippen MR) is 105 cm³/mol. The summed E-state index contributed by atoms with van der Waals surface area (Å²) in [5.41, 5.74) is 4.21. The van der Waals surface area contributed by atoms with Gasteiger partial charge in [0.2, 0.25) is 0 Å². The second-order valence-corrected chi connectivity index (χ2v) is 7.12. The molecule has 0 aliphatic carbocycles. The zero-order valence-electron chi connectivity index (χ0n) is 14.6. The van der Waals surface area contributed by atoms with Crippen molar-refractivity contribution in [1.82, 2.24) is 9.88 Å². The van der Waals surface area contributed by atoms with E-state index in [-0.39, 0.29) is 5.91 Å². The van der Waals surface area contributed by atoms with Crippen molar-refractivity contribution in [1.29, 1.82) is 0 Å². The van der Waals surface area contributed by atoms with Gasteiger partial charge >= 0.3 is 0 Å². The van der Waals surface area contributed by atoms with E-state index in [1.807, 2.05) is 35.2 Å². The largest absolute Gasteiger partial charge is 0.366 e. The number of nitrogens with zero attached hydrogens (tertiary/aromatic N) is 2. The monoisotopic (exact) mass is 346 g/mol. The Morgan fingerprint density at radius 2 is 1.77 bits per heavy atom. The Morgan fingerprint density at radius 1 is 1.00 bits per heavy atom. The summed E-state index contributed by atoms with van der Waals surface area (Å²) in [7, 11) is 0. The lowest BCUT2D eigenvalue weighted by atomic mass is 10.0. The number of fused-ring (bicyclic) bond motifs is 2.